The number of hydrogen-bond acceptors (Lipinski definition) is 5. The zero-order valence-electron chi connectivity index (χ0n) is 17.5. The predicted molar refractivity (Wildman–Crippen MR) is 113 cm³/mol. The van der Waals surface area contributed by atoms with Gasteiger partial charge in [0.05, 0.1) is 20.3 Å². The van der Waals surface area contributed by atoms with Crippen LogP contribution in [0.2, 0.25) is 0 Å². The Kier molecular flexibility index (Phi) is 6.48. The summed E-state index contributed by atoms with van der Waals surface area (Å²) in [5.74, 6) is -0.640. The molecule has 1 saturated heterocycles. The van der Waals surface area contributed by atoms with Crippen molar-refractivity contribution in [1.29, 1.82) is 0 Å². The van der Waals surface area contributed by atoms with Gasteiger partial charge in [0, 0.05) is 0 Å². The molecule has 0 bridgehead atoms. The van der Waals surface area contributed by atoms with Crippen molar-refractivity contribution in [2.24, 2.45) is 0 Å². The van der Waals surface area contributed by atoms with Gasteiger partial charge in [-0.05, 0) is 58.7 Å². The Balaban J connectivity index is 1.47. The summed E-state index contributed by atoms with van der Waals surface area (Å²) in [7, 11) is 1.31. The van der Waals surface area contributed by atoms with Crippen molar-refractivity contribution in [1.82, 2.24) is 0 Å². The average Bonchev–Trinajstić information content (AvgIpc) is 2.77. The monoisotopic (exact) mass is 440 g/mol. The molecule has 5 nitrogen and oxygen atoms in total. The van der Waals surface area contributed by atoms with Crippen molar-refractivity contribution in [3.63, 3.8) is 0 Å². The van der Waals surface area contributed by atoms with Gasteiger partial charge in [-0.25, -0.2) is 13.6 Å². The number of benzene rings is 3. The standard InChI is InChI=1S/C25H22F2O5/c1-29-24(28)14-32-25(15-30-16-25)19-5-8-22(9-6-19)31-13-18-12-21(27)7-10-23(18)17-3-2-4-20(26)11-17/h2-12H,13-16H2,1H3. The number of rotatable bonds is 8. The molecule has 4 rings (SSSR count). The van der Waals surface area contributed by atoms with E-state index >= 15 is 0 Å². The van der Waals surface area contributed by atoms with Crippen molar-refractivity contribution in [2.45, 2.75) is 12.2 Å². The van der Waals surface area contributed by atoms with Crippen LogP contribution < -0.4 is 4.74 Å². The maximum absolute atomic E-state index is 13.9. The molecule has 3 aromatic carbocycles. The molecular formula is C25H22F2O5. The molecule has 1 aliphatic rings. The molecule has 0 atom stereocenters. The smallest absolute Gasteiger partial charge is 0.331 e. The Bertz CT molecular complexity index is 1090. The van der Waals surface area contributed by atoms with E-state index in [1.165, 1.54) is 31.4 Å². The first-order valence-corrected chi connectivity index (χ1v) is 10.1. The van der Waals surface area contributed by atoms with Crippen LogP contribution >= 0.6 is 0 Å². The lowest BCUT2D eigenvalue weighted by atomic mass is 9.91. The first-order chi connectivity index (χ1) is 15.5. The molecule has 1 heterocycles. The number of ether oxygens (including phenoxy) is 4. The number of esters is 1. The van der Waals surface area contributed by atoms with Crippen LogP contribution in [0.5, 0.6) is 5.75 Å². The fraction of sp³-hybridized carbons (Fsp3) is 0.240. The zero-order valence-corrected chi connectivity index (χ0v) is 17.5. The zero-order chi connectivity index (χ0) is 22.6. The normalized spacial score (nSPS) is 14.5. The fourth-order valence-corrected chi connectivity index (χ4v) is 3.51. The highest BCUT2D eigenvalue weighted by atomic mass is 19.1. The van der Waals surface area contributed by atoms with Gasteiger partial charge in [0.25, 0.3) is 0 Å². The number of carbonyl (C=O) groups is 1. The number of halogens is 2. The lowest BCUT2D eigenvalue weighted by Crippen LogP contribution is -2.49. The van der Waals surface area contributed by atoms with E-state index in [4.69, 9.17) is 14.2 Å². The number of carbonyl (C=O) groups excluding carboxylic acids is 1. The molecule has 166 valence electrons. The van der Waals surface area contributed by atoms with E-state index < -0.39 is 17.4 Å². The molecule has 0 radical (unpaired) electrons. The Hall–Kier alpha value is -3.29. The molecule has 0 amide bonds. The topological polar surface area (TPSA) is 54.0 Å². The Morgan fingerprint density at radius 2 is 1.75 bits per heavy atom. The van der Waals surface area contributed by atoms with Crippen LogP contribution in [0.4, 0.5) is 8.78 Å². The van der Waals surface area contributed by atoms with E-state index in [1.807, 2.05) is 12.1 Å². The summed E-state index contributed by atoms with van der Waals surface area (Å²) in [4.78, 5) is 11.4. The van der Waals surface area contributed by atoms with Gasteiger partial charge < -0.3 is 18.9 Å². The molecule has 3 aromatic rings. The van der Waals surface area contributed by atoms with Crippen molar-refractivity contribution in [2.75, 3.05) is 26.9 Å². The maximum atomic E-state index is 13.9. The maximum Gasteiger partial charge on any atom is 0.331 e. The van der Waals surface area contributed by atoms with Gasteiger partial charge in [0.15, 0.2) is 0 Å². The quantitative estimate of drug-likeness (QED) is 0.478. The second kappa shape index (κ2) is 9.46. The van der Waals surface area contributed by atoms with Crippen LogP contribution in [0.15, 0.2) is 66.7 Å². The fourth-order valence-electron chi connectivity index (χ4n) is 3.51. The first-order valence-electron chi connectivity index (χ1n) is 10.1. The third-order valence-corrected chi connectivity index (χ3v) is 5.34. The van der Waals surface area contributed by atoms with Crippen LogP contribution in [-0.4, -0.2) is 32.9 Å². The van der Waals surface area contributed by atoms with Gasteiger partial charge in [-0.3, -0.25) is 0 Å². The Labute approximate surface area is 184 Å². The van der Waals surface area contributed by atoms with Crippen molar-refractivity contribution >= 4 is 5.97 Å². The van der Waals surface area contributed by atoms with Gasteiger partial charge in [-0.1, -0.05) is 30.3 Å². The molecule has 0 aliphatic carbocycles. The summed E-state index contributed by atoms with van der Waals surface area (Å²) in [5.41, 5.74) is 2.11. The van der Waals surface area contributed by atoms with E-state index in [-0.39, 0.29) is 19.0 Å². The number of hydrogen-bond donors (Lipinski definition) is 0. The molecule has 0 aromatic heterocycles. The molecule has 1 fully saturated rings. The average molecular weight is 440 g/mol. The second-order valence-corrected chi connectivity index (χ2v) is 7.48. The highest BCUT2D eigenvalue weighted by Crippen LogP contribution is 2.35. The van der Waals surface area contributed by atoms with E-state index in [9.17, 15) is 13.6 Å². The third kappa shape index (κ3) is 4.79. The van der Waals surface area contributed by atoms with E-state index in [1.54, 1.807) is 30.3 Å². The summed E-state index contributed by atoms with van der Waals surface area (Å²) in [6.07, 6.45) is 0. The number of methoxy groups -OCH3 is 1. The Morgan fingerprint density at radius 3 is 2.41 bits per heavy atom. The minimum absolute atomic E-state index is 0.107. The summed E-state index contributed by atoms with van der Waals surface area (Å²) >= 11 is 0. The lowest BCUT2D eigenvalue weighted by molar-refractivity contribution is -0.220. The summed E-state index contributed by atoms with van der Waals surface area (Å²) in [6.45, 7) is 0.617. The van der Waals surface area contributed by atoms with E-state index in [0.717, 1.165) is 5.56 Å². The molecule has 7 heteroatoms. The van der Waals surface area contributed by atoms with E-state index in [2.05, 4.69) is 4.74 Å². The highest BCUT2D eigenvalue weighted by Gasteiger charge is 2.42. The van der Waals surface area contributed by atoms with Crippen molar-refractivity contribution < 1.29 is 32.5 Å². The molecule has 0 unspecified atom stereocenters. The SMILES string of the molecule is COC(=O)COC1(c2ccc(OCc3cc(F)ccc3-c3cccc(F)c3)cc2)COC1. The molecule has 1 aliphatic heterocycles. The second-order valence-electron chi connectivity index (χ2n) is 7.48. The molecule has 0 saturated carbocycles. The van der Waals surface area contributed by atoms with Crippen molar-refractivity contribution in [3.8, 4) is 16.9 Å². The van der Waals surface area contributed by atoms with Crippen LogP contribution in [0, 0.1) is 11.6 Å². The Morgan fingerprint density at radius 1 is 1.00 bits per heavy atom. The van der Waals surface area contributed by atoms with Gasteiger partial charge >= 0.3 is 5.97 Å². The molecule has 0 spiro atoms. The van der Waals surface area contributed by atoms with Gasteiger partial charge in [0.2, 0.25) is 0 Å². The highest BCUT2D eigenvalue weighted by molar-refractivity contribution is 5.70. The lowest BCUT2D eigenvalue weighted by Gasteiger charge is -2.41. The van der Waals surface area contributed by atoms with Crippen LogP contribution in [0.3, 0.4) is 0 Å². The first kappa shape index (κ1) is 21.9. The molecular weight excluding hydrogens is 418 g/mol. The van der Waals surface area contributed by atoms with Gasteiger partial charge in [0.1, 0.15) is 36.2 Å². The van der Waals surface area contributed by atoms with Crippen LogP contribution in [-0.2, 0) is 31.2 Å². The largest absolute Gasteiger partial charge is 0.489 e. The van der Waals surface area contributed by atoms with Crippen molar-refractivity contribution in [3.05, 3.63) is 89.5 Å². The minimum Gasteiger partial charge on any atom is -0.489 e. The minimum atomic E-state index is -0.695. The van der Waals surface area contributed by atoms with Crippen LogP contribution in [0.1, 0.15) is 11.1 Å². The molecule has 0 N–H and O–H groups in total. The van der Waals surface area contributed by atoms with Gasteiger partial charge in [-0.15, -0.1) is 0 Å². The van der Waals surface area contributed by atoms with Crippen LogP contribution in [0.25, 0.3) is 11.1 Å². The summed E-state index contributed by atoms with van der Waals surface area (Å²) in [5, 5.41) is 0. The van der Waals surface area contributed by atoms with Gasteiger partial charge in [-0.2, -0.15) is 0 Å². The molecule has 32 heavy (non-hydrogen) atoms. The van der Waals surface area contributed by atoms with E-state index in [0.29, 0.717) is 35.7 Å². The summed E-state index contributed by atoms with van der Waals surface area (Å²) in [6, 6.07) is 17.7. The third-order valence-electron chi connectivity index (χ3n) is 5.34. The summed E-state index contributed by atoms with van der Waals surface area (Å²) < 4.78 is 49.1. The predicted octanol–water partition coefficient (Wildman–Crippen LogP) is 4.63.